The van der Waals surface area contributed by atoms with Crippen LogP contribution < -0.4 is 0 Å². The molecule has 3 aliphatic carbocycles. The molecule has 3 aromatic heterocycles. The van der Waals surface area contributed by atoms with Crippen molar-refractivity contribution in [2.24, 2.45) is 0 Å². The van der Waals surface area contributed by atoms with Crippen molar-refractivity contribution in [3.05, 3.63) is 190 Å². The average Bonchev–Trinajstić information content (AvgIpc) is 3.75. The normalized spacial score (nSPS) is 14.2. The standard InChI is InChI=1S/C51H36N4S/c1-31-38(26-27-46-47(31)41-16-5-6-21-45(41)56-46)50-53-49(34-11-3-2-4-12-34)54-51(55-50)42-19-7-14-37-30-43-39(17-9-18-40(43)48(37)42)33-24-22-32(23-25-33)35-13-8-20-44-36(29-35)15-10-28-52-44/h2-25,28H,26-27,29-30H2,1H3. The zero-order valence-corrected chi connectivity index (χ0v) is 31.8. The zero-order valence-electron chi connectivity index (χ0n) is 31.0. The molecule has 0 N–H and O–H groups in total. The third-order valence-corrected chi connectivity index (χ3v) is 12.9. The first-order chi connectivity index (χ1) is 27.7. The Kier molecular flexibility index (Phi) is 7.81. The Balaban J connectivity index is 1.00. The predicted molar refractivity (Wildman–Crippen MR) is 232 cm³/mol. The molecule has 11 rings (SSSR count). The first-order valence-electron chi connectivity index (χ1n) is 19.3. The number of fused-ring (bicyclic) bond motifs is 7. The maximum Gasteiger partial charge on any atom is 0.164 e. The quantitative estimate of drug-likeness (QED) is 0.177. The second kappa shape index (κ2) is 13.3. The molecule has 0 atom stereocenters. The van der Waals surface area contributed by atoms with Gasteiger partial charge in [0.15, 0.2) is 17.5 Å². The van der Waals surface area contributed by atoms with Crippen molar-refractivity contribution >= 4 is 44.2 Å². The van der Waals surface area contributed by atoms with Crippen molar-refractivity contribution in [1.29, 1.82) is 0 Å². The molecule has 56 heavy (non-hydrogen) atoms. The Hall–Kier alpha value is -6.56. The topological polar surface area (TPSA) is 51.6 Å². The van der Waals surface area contributed by atoms with E-state index in [9.17, 15) is 0 Å². The monoisotopic (exact) mass is 736 g/mol. The molecule has 0 fully saturated rings. The summed E-state index contributed by atoms with van der Waals surface area (Å²) < 4.78 is 1.34. The van der Waals surface area contributed by atoms with E-state index < -0.39 is 0 Å². The van der Waals surface area contributed by atoms with Crippen LogP contribution in [-0.2, 0) is 19.3 Å². The van der Waals surface area contributed by atoms with Crippen LogP contribution in [0.1, 0.15) is 57.6 Å². The van der Waals surface area contributed by atoms with E-state index in [0.717, 1.165) is 54.2 Å². The van der Waals surface area contributed by atoms with E-state index in [1.54, 1.807) is 0 Å². The van der Waals surface area contributed by atoms with Gasteiger partial charge < -0.3 is 0 Å². The minimum absolute atomic E-state index is 0.704. The lowest BCUT2D eigenvalue weighted by molar-refractivity contribution is 0.964. The Morgan fingerprint density at radius 1 is 0.554 bits per heavy atom. The number of pyridine rings is 1. The molecule has 0 aliphatic heterocycles. The molecule has 0 spiro atoms. The van der Waals surface area contributed by atoms with Crippen molar-refractivity contribution in [3.63, 3.8) is 0 Å². The van der Waals surface area contributed by atoms with E-state index in [1.807, 2.05) is 29.7 Å². The minimum atomic E-state index is 0.704. The van der Waals surface area contributed by atoms with Crippen LogP contribution in [-0.4, -0.2) is 19.9 Å². The number of allylic oxidation sites excluding steroid dienone is 5. The highest BCUT2D eigenvalue weighted by Gasteiger charge is 2.28. The predicted octanol–water partition coefficient (Wildman–Crippen LogP) is 12.6. The summed E-state index contributed by atoms with van der Waals surface area (Å²) in [4.78, 5) is 21.8. The fourth-order valence-corrected chi connectivity index (χ4v) is 10.2. The van der Waals surface area contributed by atoms with E-state index >= 15 is 0 Å². The molecule has 8 aromatic rings. The molecule has 5 aromatic carbocycles. The van der Waals surface area contributed by atoms with Crippen molar-refractivity contribution in [2.75, 3.05) is 0 Å². The number of aryl methyl sites for hydroxylation is 1. The zero-order chi connectivity index (χ0) is 37.2. The van der Waals surface area contributed by atoms with Crippen LogP contribution in [0.25, 0.3) is 77.9 Å². The Morgan fingerprint density at radius 2 is 1.30 bits per heavy atom. The molecule has 3 heterocycles. The highest BCUT2D eigenvalue weighted by atomic mass is 32.1. The fraction of sp³-hybridized carbons (Fsp3) is 0.0980. The van der Waals surface area contributed by atoms with Gasteiger partial charge in [0.25, 0.3) is 0 Å². The number of hydrogen-bond acceptors (Lipinski definition) is 5. The van der Waals surface area contributed by atoms with E-state index in [0.29, 0.717) is 5.82 Å². The average molecular weight is 737 g/mol. The van der Waals surface area contributed by atoms with Crippen LogP contribution in [0.5, 0.6) is 0 Å². The summed E-state index contributed by atoms with van der Waals surface area (Å²) >= 11 is 1.92. The molecular formula is C51H36N4S. The van der Waals surface area contributed by atoms with Crippen molar-refractivity contribution in [2.45, 2.75) is 32.6 Å². The van der Waals surface area contributed by atoms with Crippen LogP contribution in [0, 0.1) is 0 Å². The summed E-state index contributed by atoms with van der Waals surface area (Å²) in [7, 11) is 0. The molecule has 0 radical (unpaired) electrons. The van der Waals surface area contributed by atoms with Gasteiger partial charge in [0.05, 0.1) is 5.69 Å². The summed E-state index contributed by atoms with van der Waals surface area (Å²) in [5, 5.41) is 1.32. The Bertz CT molecular complexity index is 2970. The summed E-state index contributed by atoms with van der Waals surface area (Å²) in [5.74, 6) is 2.20. The molecule has 4 nitrogen and oxygen atoms in total. The van der Waals surface area contributed by atoms with Gasteiger partial charge in [0.1, 0.15) is 0 Å². The number of benzene rings is 5. The first-order valence-corrected chi connectivity index (χ1v) is 20.2. The maximum absolute atomic E-state index is 5.36. The molecule has 0 unspecified atom stereocenters. The summed E-state index contributed by atoms with van der Waals surface area (Å²) in [6.45, 7) is 2.25. The van der Waals surface area contributed by atoms with Gasteiger partial charge in [-0.2, -0.15) is 0 Å². The molecule has 0 saturated heterocycles. The maximum atomic E-state index is 5.36. The number of aromatic nitrogens is 4. The van der Waals surface area contributed by atoms with Crippen LogP contribution in [0.15, 0.2) is 146 Å². The van der Waals surface area contributed by atoms with Gasteiger partial charge >= 0.3 is 0 Å². The summed E-state index contributed by atoms with van der Waals surface area (Å²) in [6, 6.07) is 45.8. The number of rotatable bonds is 5. The summed E-state index contributed by atoms with van der Waals surface area (Å²) in [5.41, 5.74) is 18.3. The van der Waals surface area contributed by atoms with Gasteiger partial charge in [-0.15, -0.1) is 11.3 Å². The van der Waals surface area contributed by atoms with Crippen LogP contribution in [0.2, 0.25) is 0 Å². The van der Waals surface area contributed by atoms with Crippen LogP contribution in [0.3, 0.4) is 0 Å². The van der Waals surface area contributed by atoms with Gasteiger partial charge in [-0.3, -0.25) is 4.98 Å². The lowest BCUT2D eigenvalue weighted by atomic mass is 9.89. The fourth-order valence-electron chi connectivity index (χ4n) is 8.94. The largest absolute Gasteiger partial charge is 0.257 e. The molecule has 0 saturated carbocycles. The first kappa shape index (κ1) is 32.8. The SMILES string of the molecule is CC1=C(c2nc(-c3ccccc3)nc(-c3cccc4c3-c3cccc(-c5ccc(C6=CC=Cc7ncccc7C6)cc5)c3C4)n2)CCc2sc3ccccc3c21. The van der Waals surface area contributed by atoms with Gasteiger partial charge in [-0.05, 0) is 106 Å². The van der Waals surface area contributed by atoms with E-state index in [-0.39, 0.29) is 0 Å². The molecule has 5 heteroatoms. The van der Waals surface area contributed by atoms with Crippen molar-refractivity contribution in [1.82, 2.24) is 19.9 Å². The smallest absolute Gasteiger partial charge is 0.164 e. The van der Waals surface area contributed by atoms with E-state index in [1.165, 1.54) is 81.8 Å². The third-order valence-electron chi connectivity index (χ3n) is 11.7. The van der Waals surface area contributed by atoms with Crippen molar-refractivity contribution in [3.8, 4) is 45.0 Å². The van der Waals surface area contributed by atoms with E-state index in [4.69, 9.17) is 15.0 Å². The molecule has 266 valence electrons. The van der Waals surface area contributed by atoms with E-state index in [2.05, 4.69) is 145 Å². The van der Waals surface area contributed by atoms with Gasteiger partial charge in [-0.25, -0.2) is 15.0 Å². The molecule has 3 aliphatic rings. The van der Waals surface area contributed by atoms with Crippen LogP contribution in [0.4, 0.5) is 0 Å². The molecule has 0 bridgehead atoms. The Morgan fingerprint density at radius 3 is 2.21 bits per heavy atom. The molecule has 0 amide bonds. The van der Waals surface area contributed by atoms with Gasteiger partial charge in [0.2, 0.25) is 0 Å². The highest BCUT2D eigenvalue weighted by molar-refractivity contribution is 7.19. The van der Waals surface area contributed by atoms with Crippen LogP contribution >= 0.6 is 11.3 Å². The third kappa shape index (κ3) is 5.50. The van der Waals surface area contributed by atoms with Gasteiger partial charge in [0, 0.05) is 44.3 Å². The van der Waals surface area contributed by atoms with Crippen molar-refractivity contribution < 1.29 is 0 Å². The second-order valence-corrected chi connectivity index (χ2v) is 16.0. The highest BCUT2D eigenvalue weighted by Crippen LogP contribution is 2.47. The molecular weight excluding hydrogens is 701 g/mol. The lowest BCUT2D eigenvalue weighted by Gasteiger charge is -2.19. The summed E-state index contributed by atoms with van der Waals surface area (Å²) in [6.07, 6.45) is 11.9. The van der Waals surface area contributed by atoms with Gasteiger partial charge in [-0.1, -0.05) is 127 Å². The minimum Gasteiger partial charge on any atom is -0.257 e. The number of thiophene rings is 1. The second-order valence-electron chi connectivity index (χ2n) is 14.9. The lowest BCUT2D eigenvalue weighted by Crippen LogP contribution is -2.07. The number of nitrogens with zero attached hydrogens (tertiary/aromatic N) is 4. The number of hydrogen-bond donors (Lipinski definition) is 0. The Labute approximate surface area is 330 Å².